The van der Waals surface area contributed by atoms with E-state index < -0.39 is 5.60 Å². The Morgan fingerprint density at radius 1 is 1.00 bits per heavy atom. The number of carbonyl (C=O) groups is 2. The highest BCUT2D eigenvalue weighted by atomic mass is 19.1. The third-order valence-corrected chi connectivity index (χ3v) is 9.57. The largest absolute Gasteiger partial charge is 0.442 e. The van der Waals surface area contributed by atoms with Gasteiger partial charge in [-0.25, -0.2) is 9.18 Å². The Balaban J connectivity index is 1.19. The molecule has 3 saturated heterocycles. The Bertz CT molecular complexity index is 1180. The maximum atomic E-state index is 14.3. The molecule has 0 aromatic heterocycles. The van der Waals surface area contributed by atoms with E-state index in [0.717, 1.165) is 87.8 Å². The van der Waals surface area contributed by atoms with Gasteiger partial charge in [0.2, 0.25) is 0 Å². The molecule has 3 fully saturated rings. The van der Waals surface area contributed by atoms with Crippen LogP contribution in [-0.2, 0) is 11.3 Å². The van der Waals surface area contributed by atoms with Crippen molar-refractivity contribution in [3.8, 4) is 0 Å². The van der Waals surface area contributed by atoms with Gasteiger partial charge in [0, 0.05) is 68.7 Å². The van der Waals surface area contributed by atoms with Gasteiger partial charge in [0.1, 0.15) is 11.4 Å². The van der Waals surface area contributed by atoms with Gasteiger partial charge >= 0.3 is 6.09 Å². The summed E-state index contributed by atoms with van der Waals surface area (Å²) in [4.78, 5) is 32.7. The first kappa shape index (κ1) is 28.6. The highest BCUT2D eigenvalue weighted by Crippen LogP contribution is 2.42. The number of benzene rings is 2. The fraction of sp³-hybridized carbons (Fsp3) is 0.576. The van der Waals surface area contributed by atoms with E-state index in [2.05, 4.69) is 11.8 Å². The van der Waals surface area contributed by atoms with Crippen molar-refractivity contribution in [2.24, 2.45) is 5.92 Å². The quantitative estimate of drug-likeness (QED) is 0.404. The average molecular weight is 550 g/mol. The number of ether oxygens (including phenoxy) is 1. The van der Waals surface area contributed by atoms with E-state index in [-0.39, 0.29) is 30.3 Å². The van der Waals surface area contributed by atoms with Crippen molar-refractivity contribution < 1.29 is 18.7 Å². The van der Waals surface area contributed by atoms with Crippen LogP contribution in [0, 0.1) is 25.6 Å². The van der Waals surface area contributed by atoms with Crippen molar-refractivity contribution >= 4 is 12.0 Å². The Morgan fingerprint density at radius 2 is 1.68 bits per heavy atom. The van der Waals surface area contributed by atoms with Gasteiger partial charge in [0.05, 0.1) is 6.54 Å². The number of aryl methyl sites for hydroxylation is 2. The van der Waals surface area contributed by atoms with Crippen molar-refractivity contribution in [1.82, 2.24) is 14.7 Å². The smallest absolute Gasteiger partial charge is 0.410 e. The van der Waals surface area contributed by atoms with Gasteiger partial charge in [-0.05, 0) is 50.3 Å². The zero-order chi connectivity index (χ0) is 28.3. The van der Waals surface area contributed by atoms with Gasteiger partial charge < -0.3 is 14.5 Å². The molecule has 0 N–H and O–H groups in total. The SMILES string of the molecule is CCCCC1CN(Cc2ccccc2F)C(=O)OC12CCN(C1CCN(C(=O)c3c(C)cccc3C)CC1)CC2. The minimum absolute atomic E-state index is 0.152. The molecular formula is C33H44FN3O3. The van der Waals surface area contributed by atoms with E-state index >= 15 is 0 Å². The van der Waals surface area contributed by atoms with E-state index in [1.54, 1.807) is 17.0 Å². The number of halogens is 1. The second-order valence-electron chi connectivity index (χ2n) is 12.1. The molecule has 1 atom stereocenters. The van der Waals surface area contributed by atoms with E-state index in [1.807, 2.05) is 43.0 Å². The van der Waals surface area contributed by atoms with Crippen LogP contribution in [0.15, 0.2) is 42.5 Å². The molecule has 0 saturated carbocycles. The minimum atomic E-state index is -0.437. The Hall–Kier alpha value is -2.93. The molecule has 7 heteroatoms. The van der Waals surface area contributed by atoms with Crippen LogP contribution in [0.3, 0.4) is 0 Å². The monoisotopic (exact) mass is 549 g/mol. The molecule has 2 aromatic rings. The van der Waals surface area contributed by atoms with Crippen molar-refractivity contribution in [3.05, 3.63) is 70.5 Å². The Morgan fingerprint density at radius 3 is 2.33 bits per heavy atom. The number of nitrogens with zero attached hydrogens (tertiary/aromatic N) is 3. The van der Waals surface area contributed by atoms with Crippen LogP contribution in [0.5, 0.6) is 0 Å². The number of carbonyl (C=O) groups excluding carboxylic acids is 2. The molecule has 3 aliphatic heterocycles. The third kappa shape index (κ3) is 5.90. The summed E-state index contributed by atoms with van der Waals surface area (Å²) in [6.07, 6.45) is 6.50. The molecule has 0 bridgehead atoms. The first-order valence-electron chi connectivity index (χ1n) is 15.1. The number of unbranched alkanes of at least 4 members (excludes halogenated alkanes) is 1. The number of amides is 2. The van der Waals surface area contributed by atoms with Gasteiger partial charge in [-0.15, -0.1) is 0 Å². The molecular weight excluding hydrogens is 505 g/mol. The standard InChI is InChI=1S/C33H44FN3O3/c1-4-5-12-27-23-37(22-26-11-6-7-13-29(26)34)32(39)40-33(27)16-20-35(21-17-33)28-14-18-36(19-15-28)31(38)30-24(2)9-8-10-25(30)3/h6-11,13,27-28H,4-5,12,14-23H2,1-3H3. The number of rotatable bonds is 7. The third-order valence-electron chi connectivity index (χ3n) is 9.57. The molecule has 2 aromatic carbocycles. The van der Waals surface area contributed by atoms with Crippen molar-refractivity contribution in [3.63, 3.8) is 0 Å². The molecule has 3 heterocycles. The van der Waals surface area contributed by atoms with Crippen molar-refractivity contribution in [2.45, 2.75) is 83.9 Å². The van der Waals surface area contributed by atoms with Gasteiger partial charge in [0.25, 0.3) is 5.91 Å². The molecule has 0 radical (unpaired) electrons. The molecule has 6 nitrogen and oxygen atoms in total. The predicted octanol–water partition coefficient (Wildman–Crippen LogP) is 6.34. The fourth-order valence-corrected chi connectivity index (χ4v) is 7.12. The van der Waals surface area contributed by atoms with Gasteiger partial charge in [0.15, 0.2) is 0 Å². The van der Waals surface area contributed by atoms with Crippen LogP contribution < -0.4 is 0 Å². The molecule has 216 valence electrons. The summed E-state index contributed by atoms with van der Waals surface area (Å²) in [5.74, 6) is 0.117. The second kappa shape index (κ2) is 12.3. The average Bonchev–Trinajstić information content (AvgIpc) is 2.95. The van der Waals surface area contributed by atoms with E-state index in [0.29, 0.717) is 18.2 Å². The van der Waals surface area contributed by atoms with Crippen molar-refractivity contribution in [1.29, 1.82) is 0 Å². The van der Waals surface area contributed by atoms with Crippen LogP contribution in [0.1, 0.15) is 78.9 Å². The summed E-state index contributed by atoms with van der Waals surface area (Å²) < 4.78 is 20.6. The lowest BCUT2D eigenvalue weighted by molar-refractivity contribution is -0.127. The highest BCUT2D eigenvalue weighted by Gasteiger charge is 2.50. The first-order valence-corrected chi connectivity index (χ1v) is 15.1. The van der Waals surface area contributed by atoms with Crippen LogP contribution in [0.2, 0.25) is 0 Å². The fourth-order valence-electron chi connectivity index (χ4n) is 7.12. The summed E-state index contributed by atoms with van der Waals surface area (Å²) in [5.41, 5.74) is 3.03. The number of hydrogen-bond acceptors (Lipinski definition) is 4. The molecule has 1 spiro atoms. The van der Waals surface area contributed by atoms with E-state index in [4.69, 9.17) is 4.74 Å². The Kier molecular flexibility index (Phi) is 8.79. The van der Waals surface area contributed by atoms with Crippen LogP contribution >= 0.6 is 0 Å². The number of piperidine rings is 2. The van der Waals surface area contributed by atoms with Crippen LogP contribution in [-0.4, -0.2) is 71.1 Å². The van der Waals surface area contributed by atoms with Gasteiger partial charge in [-0.2, -0.15) is 0 Å². The molecule has 0 aliphatic carbocycles. The van der Waals surface area contributed by atoms with Crippen LogP contribution in [0.4, 0.5) is 9.18 Å². The van der Waals surface area contributed by atoms with E-state index in [1.165, 1.54) is 6.07 Å². The molecule has 3 aliphatic rings. The minimum Gasteiger partial charge on any atom is -0.442 e. The number of likely N-dealkylation sites (tertiary alicyclic amines) is 2. The zero-order valence-electron chi connectivity index (χ0n) is 24.3. The van der Waals surface area contributed by atoms with E-state index in [9.17, 15) is 14.0 Å². The number of hydrogen-bond donors (Lipinski definition) is 0. The topological polar surface area (TPSA) is 53.1 Å². The summed E-state index contributed by atoms with van der Waals surface area (Å²) in [6.45, 7) is 10.4. The Labute approximate surface area is 238 Å². The first-order chi connectivity index (χ1) is 19.3. The van der Waals surface area contributed by atoms with Crippen LogP contribution in [0.25, 0.3) is 0 Å². The lowest BCUT2D eigenvalue weighted by atomic mass is 9.75. The second-order valence-corrected chi connectivity index (χ2v) is 12.1. The summed E-state index contributed by atoms with van der Waals surface area (Å²) >= 11 is 0. The zero-order valence-corrected chi connectivity index (χ0v) is 24.3. The summed E-state index contributed by atoms with van der Waals surface area (Å²) in [7, 11) is 0. The van der Waals surface area contributed by atoms with Crippen molar-refractivity contribution in [2.75, 3.05) is 32.7 Å². The molecule has 5 rings (SSSR count). The lowest BCUT2D eigenvalue weighted by Crippen LogP contribution is -2.61. The highest BCUT2D eigenvalue weighted by molar-refractivity contribution is 5.97. The maximum Gasteiger partial charge on any atom is 0.410 e. The molecule has 40 heavy (non-hydrogen) atoms. The normalized spacial score (nSPS) is 22.0. The maximum absolute atomic E-state index is 14.3. The summed E-state index contributed by atoms with van der Waals surface area (Å²) in [6, 6.07) is 13.2. The molecule has 1 unspecified atom stereocenters. The van der Waals surface area contributed by atoms with Gasteiger partial charge in [-0.3, -0.25) is 9.69 Å². The lowest BCUT2D eigenvalue weighted by Gasteiger charge is -2.52. The molecule has 2 amide bonds. The predicted molar refractivity (Wildman–Crippen MR) is 155 cm³/mol. The van der Waals surface area contributed by atoms with Gasteiger partial charge in [-0.1, -0.05) is 56.2 Å². The summed E-state index contributed by atoms with van der Waals surface area (Å²) in [5, 5.41) is 0.